The van der Waals surface area contributed by atoms with E-state index in [0.717, 1.165) is 0 Å². The van der Waals surface area contributed by atoms with Crippen molar-refractivity contribution in [2.45, 2.75) is 19.9 Å². The average Bonchev–Trinajstić information content (AvgIpc) is 2.59. The van der Waals surface area contributed by atoms with Crippen LogP contribution in [0.2, 0.25) is 0 Å². The number of para-hydroxylation sites is 1. The fourth-order valence-corrected chi connectivity index (χ4v) is 2.90. The Balaban J connectivity index is 1.93. The molecular weight excluding hydrogens is 389 g/mol. The average molecular weight is 404 g/mol. The maximum absolute atomic E-state index is 13.9. The van der Waals surface area contributed by atoms with Gasteiger partial charge in [-0.15, -0.1) is 0 Å². The fourth-order valence-electron chi connectivity index (χ4n) is 2.57. The van der Waals surface area contributed by atoms with Gasteiger partial charge in [-0.05, 0) is 30.3 Å². The predicted octanol–water partition coefficient (Wildman–Crippen LogP) is 3.50. The van der Waals surface area contributed by atoms with Crippen LogP contribution in [0.3, 0.4) is 0 Å². The number of carbonyl (C=O) groups is 1. The van der Waals surface area contributed by atoms with Gasteiger partial charge < -0.3 is 5.32 Å². The number of anilines is 1. The van der Waals surface area contributed by atoms with Crippen LogP contribution in [0.1, 0.15) is 12.7 Å². The standard InChI is InChI=1S/C18H15BrFN3O2/c1-2-16-21-14-6-4-3-5-12(14)18(25)23(16)10-17(24)22-15-8-7-11(19)9-13(15)20/h3-9H,2,10H2,1H3,(H,22,24). The molecule has 1 N–H and O–H groups in total. The summed E-state index contributed by atoms with van der Waals surface area (Å²) in [5, 5.41) is 2.94. The van der Waals surface area contributed by atoms with Crippen molar-refractivity contribution in [3.8, 4) is 0 Å². The molecule has 25 heavy (non-hydrogen) atoms. The van der Waals surface area contributed by atoms with E-state index in [-0.39, 0.29) is 17.8 Å². The quantitative estimate of drug-likeness (QED) is 0.724. The van der Waals surface area contributed by atoms with E-state index in [1.807, 2.05) is 13.0 Å². The van der Waals surface area contributed by atoms with Crippen molar-refractivity contribution in [2.75, 3.05) is 5.32 Å². The highest BCUT2D eigenvalue weighted by molar-refractivity contribution is 9.10. The molecule has 7 heteroatoms. The fraction of sp³-hybridized carbons (Fsp3) is 0.167. The molecule has 1 heterocycles. The summed E-state index contributed by atoms with van der Waals surface area (Å²) in [6, 6.07) is 11.3. The Labute approximate surface area is 151 Å². The van der Waals surface area contributed by atoms with E-state index in [2.05, 4.69) is 26.2 Å². The summed E-state index contributed by atoms with van der Waals surface area (Å²) in [7, 11) is 0. The molecule has 0 spiro atoms. The highest BCUT2D eigenvalue weighted by Gasteiger charge is 2.14. The molecule has 2 aromatic carbocycles. The normalized spacial score (nSPS) is 10.8. The molecule has 0 aliphatic carbocycles. The van der Waals surface area contributed by atoms with Gasteiger partial charge in [0.2, 0.25) is 5.91 Å². The Kier molecular flexibility index (Phi) is 4.94. The molecule has 0 saturated heterocycles. The molecule has 3 rings (SSSR count). The molecule has 0 unspecified atom stereocenters. The molecule has 1 amide bonds. The number of carbonyl (C=O) groups excluding carboxylic acids is 1. The zero-order valence-electron chi connectivity index (χ0n) is 13.4. The maximum Gasteiger partial charge on any atom is 0.261 e. The largest absolute Gasteiger partial charge is 0.322 e. The van der Waals surface area contributed by atoms with Crippen LogP contribution in [-0.4, -0.2) is 15.5 Å². The maximum atomic E-state index is 13.9. The first-order valence-electron chi connectivity index (χ1n) is 7.73. The second-order valence-corrected chi connectivity index (χ2v) is 6.38. The minimum absolute atomic E-state index is 0.0630. The Morgan fingerprint density at radius 3 is 2.76 bits per heavy atom. The first-order chi connectivity index (χ1) is 12.0. The molecule has 0 fully saturated rings. The van der Waals surface area contributed by atoms with E-state index in [1.54, 1.807) is 24.3 Å². The van der Waals surface area contributed by atoms with E-state index in [9.17, 15) is 14.0 Å². The molecule has 0 bridgehead atoms. The van der Waals surface area contributed by atoms with Crippen LogP contribution < -0.4 is 10.9 Å². The van der Waals surface area contributed by atoms with Crippen molar-refractivity contribution in [3.63, 3.8) is 0 Å². The zero-order chi connectivity index (χ0) is 18.0. The summed E-state index contributed by atoms with van der Waals surface area (Å²) >= 11 is 3.16. The number of halogens is 2. The van der Waals surface area contributed by atoms with Crippen LogP contribution in [0.25, 0.3) is 10.9 Å². The Morgan fingerprint density at radius 1 is 1.28 bits per heavy atom. The molecule has 0 atom stereocenters. The highest BCUT2D eigenvalue weighted by atomic mass is 79.9. The van der Waals surface area contributed by atoms with Crippen molar-refractivity contribution in [1.29, 1.82) is 0 Å². The van der Waals surface area contributed by atoms with Crippen LogP contribution in [0.5, 0.6) is 0 Å². The summed E-state index contributed by atoms with van der Waals surface area (Å²) in [6.07, 6.45) is 0.500. The Hall–Kier alpha value is -2.54. The molecule has 0 aliphatic heterocycles. The summed E-state index contributed by atoms with van der Waals surface area (Å²) in [4.78, 5) is 29.4. The van der Waals surface area contributed by atoms with E-state index >= 15 is 0 Å². The number of rotatable bonds is 4. The number of nitrogens with one attached hydrogen (secondary N) is 1. The number of aromatic nitrogens is 2. The van der Waals surface area contributed by atoms with E-state index in [0.29, 0.717) is 27.6 Å². The van der Waals surface area contributed by atoms with Gasteiger partial charge in [0, 0.05) is 10.9 Å². The van der Waals surface area contributed by atoms with Gasteiger partial charge in [0.05, 0.1) is 16.6 Å². The lowest BCUT2D eigenvalue weighted by Crippen LogP contribution is -2.31. The van der Waals surface area contributed by atoms with Crippen molar-refractivity contribution in [1.82, 2.24) is 9.55 Å². The van der Waals surface area contributed by atoms with Gasteiger partial charge in [-0.25, -0.2) is 9.37 Å². The van der Waals surface area contributed by atoms with Gasteiger partial charge in [-0.3, -0.25) is 14.2 Å². The van der Waals surface area contributed by atoms with Crippen molar-refractivity contribution in [3.05, 3.63) is 68.9 Å². The zero-order valence-corrected chi connectivity index (χ0v) is 15.0. The third-order valence-corrected chi connectivity index (χ3v) is 4.26. The predicted molar refractivity (Wildman–Crippen MR) is 98.1 cm³/mol. The smallest absolute Gasteiger partial charge is 0.261 e. The minimum atomic E-state index is -0.553. The minimum Gasteiger partial charge on any atom is -0.322 e. The molecular formula is C18H15BrFN3O2. The SMILES string of the molecule is CCc1nc2ccccc2c(=O)n1CC(=O)Nc1ccc(Br)cc1F. The lowest BCUT2D eigenvalue weighted by molar-refractivity contribution is -0.116. The number of hydrogen-bond acceptors (Lipinski definition) is 3. The second kappa shape index (κ2) is 7.14. The van der Waals surface area contributed by atoms with Gasteiger partial charge >= 0.3 is 0 Å². The first kappa shape index (κ1) is 17.3. The van der Waals surface area contributed by atoms with Gasteiger partial charge in [0.1, 0.15) is 18.2 Å². The molecule has 1 aromatic heterocycles. The monoisotopic (exact) mass is 403 g/mol. The van der Waals surface area contributed by atoms with E-state index < -0.39 is 11.7 Å². The Morgan fingerprint density at radius 2 is 2.04 bits per heavy atom. The molecule has 0 saturated carbocycles. The van der Waals surface area contributed by atoms with Crippen LogP contribution in [-0.2, 0) is 17.8 Å². The number of fused-ring (bicyclic) bond motifs is 1. The van der Waals surface area contributed by atoms with Crippen LogP contribution in [0, 0.1) is 5.82 Å². The lowest BCUT2D eigenvalue weighted by atomic mass is 10.2. The van der Waals surface area contributed by atoms with Gasteiger partial charge in [-0.2, -0.15) is 0 Å². The topological polar surface area (TPSA) is 64.0 Å². The molecule has 3 aromatic rings. The third-order valence-electron chi connectivity index (χ3n) is 3.76. The Bertz CT molecular complexity index is 1020. The van der Waals surface area contributed by atoms with Gasteiger partial charge in [0.25, 0.3) is 5.56 Å². The molecule has 128 valence electrons. The lowest BCUT2D eigenvalue weighted by Gasteiger charge is -2.13. The van der Waals surface area contributed by atoms with Crippen LogP contribution in [0.15, 0.2) is 51.7 Å². The summed E-state index contributed by atoms with van der Waals surface area (Å²) in [5.41, 5.74) is 0.377. The number of benzene rings is 2. The number of amides is 1. The molecule has 5 nitrogen and oxygen atoms in total. The number of nitrogens with zero attached hydrogens (tertiary/aromatic N) is 2. The molecule has 0 aliphatic rings. The number of hydrogen-bond donors (Lipinski definition) is 1. The van der Waals surface area contributed by atoms with Gasteiger partial charge in [0.15, 0.2) is 0 Å². The van der Waals surface area contributed by atoms with Crippen molar-refractivity contribution in [2.24, 2.45) is 0 Å². The summed E-state index contributed by atoms with van der Waals surface area (Å²) < 4.78 is 15.8. The van der Waals surface area contributed by atoms with E-state index in [1.165, 1.54) is 16.7 Å². The van der Waals surface area contributed by atoms with E-state index in [4.69, 9.17) is 0 Å². The summed E-state index contributed by atoms with van der Waals surface area (Å²) in [5.74, 6) is -0.535. The summed E-state index contributed by atoms with van der Waals surface area (Å²) in [6.45, 7) is 1.63. The number of aryl methyl sites for hydroxylation is 1. The highest BCUT2D eigenvalue weighted by Crippen LogP contribution is 2.19. The third kappa shape index (κ3) is 3.61. The second-order valence-electron chi connectivity index (χ2n) is 5.46. The first-order valence-corrected chi connectivity index (χ1v) is 8.52. The van der Waals surface area contributed by atoms with Crippen LogP contribution >= 0.6 is 15.9 Å². The van der Waals surface area contributed by atoms with Crippen molar-refractivity contribution >= 4 is 38.4 Å². The molecule has 0 radical (unpaired) electrons. The van der Waals surface area contributed by atoms with Crippen molar-refractivity contribution < 1.29 is 9.18 Å². The van der Waals surface area contributed by atoms with Crippen LogP contribution in [0.4, 0.5) is 10.1 Å². The van der Waals surface area contributed by atoms with Gasteiger partial charge in [-0.1, -0.05) is 35.0 Å².